The van der Waals surface area contributed by atoms with Crippen LogP contribution in [-0.4, -0.2) is 23.9 Å². The Kier molecular flexibility index (Phi) is 2.89. The van der Waals surface area contributed by atoms with Gasteiger partial charge in [0.1, 0.15) is 0 Å². The minimum absolute atomic E-state index is 0.250. The van der Waals surface area contributed by atoms with Crippen molar-refractivity contribution in [3.8, 4) is 0 Å². The number of nitrogens with zero attached hydrogens (tertiary/aromatic N) is 1. The second-order valence-corrected chi connectivity index (χ2v) is 5.93. The normalized spacial score (nSPS) is 26.4. The van der Waals surface area contributed by atoms with Gasteiger partial charge < -0.3 is 4.90 Å². The third-order valence-electron chi connectivity index (χ3n) is 4.71. The van der Waals surface area contributed by atoms with E-state index >= 15 is 0 Å². The number of carbonyl (C=O) groups excluding carboxylic acids is 1. The van der Waals surface area contributed by atoms with Gasteiger partial charge in [0.2, 0.25) is 0 Å². The Morgan fingerprint density at radius 1 is 1.11 bits per heavy atom. The van der Waals surface area contributed by atoms with Gasteiger partial charge in [-0.2, -0.15) is 0 Å². The predicted molar refractivity (Wildman–Crippen MR) is 72.7 cm³/mol. The molecule has 1 aromatic rings. The minimum atomic E-state index is 0.250. The van der Waals surface area contributed by atoms with Crippen molar-refractivity contribution >= 4 is 5.91 Å². The number of hydrogen-bond acceptors (Lipinski definition) is 1. The molecule has 0 N–H and O–H groups in total. The predicted octanol–water partition coefficient (Wildman–Crippen LogP) is 3.18. The molecule has 1 aromatic carbocycles. The van der Waals surface area contributed by atoms with E-state index in [4.69, 9.17) is 0 Å². The molecule has 1 amide bonds. The van der Waals surface area contributed by atoms with Gasteiger partial charge in [0.15, 0.2) is 0 Å². The van der Waals surface area contributed by atoms with Crippen LogP contribution in [0.15, 0.2) is 18.2 Å². The van der Waals surface area contributed by atoms with Crippen LogP contribution in [0.2, 0.25) is 0 Å². The number of carbonyl (C=O) groups is 1. The molecule has 18 heavy (non-hydrogen) atoms. The topological polar surface area (TPSA) is 20.3 Å². The molecule has 1 saturated carbocycles. The summed E-state index contributed by atoms with van der Waals surface area (Å²) in [5.74, 6) is 1.80. The number of fused-ring (bicyclic) bond motifs is 1. The average Bonchev–Trinajstić information content (AvgIpc) is 2.88. The summed E-state index contributed by atoms with van der Waals surface area (Å²) in [4.78, 5) is 14.7. The molecule has 3 rings (SSSR count). The van der Waals surface area contributed by atoms with E-state index in [1.165, 1.54) is 19.3 Å². The molecule has 0 bridgehead atoms. The SMILES string of the molecule is Cc1cccc(C)c1C(=O)N1CC2CCCC2C1. The number of aryl methyl sites for hydroxylation is 2. The van der Waals surface area contributed by atoms with Crippen molar-refractivity contribution in [1.29, 1.82) is 0 Å². The van der Waals surface area contributed by atoms with Crippen molar-refractivity contribution in [2.24, 2.45) is 11.8 Å². The van der Waals surface area contributed by atoms with E-state index < -0.39 is 0 Å². The maximum absolute atomic E-state index is 12.6. The number of hydrogen-bond donors (Lipinski definition) is 0. The second kappa shape index (κ2) is 4.42. The fraction of sp³-hybridized carbons (Fsp3) is 0.562. The van der Waals surface area contributed by atoms with Crippen molar-refractivity contribution in [3.63, 3.8) is 0 Å². The maximum atomic E-state index is 12.6. The van der Waals surface area contributed by atoms with Gasteiger partial charge in [-0.25, -0.2) is 0 Å². The fourth-order valence-electron chi connectivity index (χ4n) is 3.71. The zero-order chi connectivity index (χ0) is 12.7. The van der Waals surface area contributed by atoms with Gasteiger partial charge in [-0.3, -0.25) is 4.79 Å². The smallest absolute Gasteiger partial charge is 0.254 e. The first-order valence-corrected chi connectivity index (χ1v) is 7.02. The average molecular weight is 243 g/mol. The summed E-state index contributed by atoms with van der Waals surface area (Å²) >= 11 is 0. The lowest BCUT2D eigenvalue weighted by atomic mass is 10.0. The molecule has 2 unspecified atom stereocenters. The van der Waals surface area contributed by atoms with Gasteiger partial charge in [-0.1, -0.05) is 24.6 Å². The third-order valence-corrected chi connectivity index (χ3v) is 4.71. The summed E-state index contributed by atoms with van der Waals surface area (Å²) in [6, 6.07) is 6.11. The zero-order valence-corrected chi connectivity index (χ0v) is 11.3. The van der Waals surface area contributed by atoms with Crippen LogP contribution < -0.4 is 0 Å². The molecule has 1 aliphatic carbocycles. The van der Waals surface area contributed by atoms with Crippen molar-refractivity contribution in [3.05, 3.63) is 34.9 Å². The van der Waals surface area contributed by atoms with E-state index in [9.17, 15) is 4.79 Å². The fourth-order valence-corrected chi connectivity index (χ4v) is 3.71. The first-order valence-electron chi connectivity index (χ1n) is 7.02. The van der Waals surface area contributed by atoms with Crippen LogP contribution in [0.3, 0.4) is 0 Å². The largest absolute Gasteiger partial charge is 0.338 e. The molecule has 2 nitrogen and oxygen atoms in total. The van der Waals surface area contributed by atoms with Crippen molar-refractivity contribution in [1.82, 2.24) is 4.90 Å². The Balaban J connectivity index is 1.83. The van der Waals surface area contributed by atoms with Gasteiger partial charge in [0, 0.05) is 18.7 Å². The van der Waals surface area contributed by atoms with E-state index in [1.807, 2.05) is 32.0 Å². The van der Waals surface area contributed by atoms with Gasteiger partial charge in [0.05, 0.1) is 0 Å². The molecule has 2 fully saturated rings. The molecule has 1 heterocycles. The first kappa shape index (κ1) is 11.8. The highest BCUT2D eigenvalue weighted by atomic mass is 16.2. The second-order valence-electron chi connectivity index (χ2n) is 5.93. The van der Waals surface area contributed by atoms with E-state index in [1.54, 1.807) is 0 Å². The van der Waals surface area contributed by atoms with E-state index in [0.717, 1.165) is 41.6 Å². The Bertz CT molecular complexity index is 448. The molecular formula is C16H21NO. The van der Waals surface area contributed by atoms with Gasteiger partial charge in [-0.05, 0) is 49.7 Å². The lowest BCUT2D eigenvalue weighted by molar-refractivity contribution is 0.0779. The Morgan fingerprint density at radius 3 is 2.22 bits per heavy atom. The first-order chi connectivity index (χ1) is 8.66. The molecule has 0 spiro atoms. The third kappa shape index (κ3) is 1.84. The van der Waals surface area contributed by atoms with Gasteiger partial charge in [0.25, 0.3) is 5.91 Å². The Morgan fingerprint density at radius 2 is 1.67 bits per heavy atom. The number of rotatable bonds is 1. The van der Waals surface area contributed by atoms with Crippen LogP contribution in [-0.2, 0) is 0 Å². The molecule has 96 valence electrons. The van der Waals surface area contributed by atoms with Crippen LogP contribution in [0.1, 0.15) is 40.7 Å². The maximum Gasteiger partial charge on any atom is 0.254 e. The van der Waals surface area contributed by atoms with Crippen molar-refractivity contribution in [2.45, 2.75) is 33.1 Å². The molecule has 2 aliphatic rings. The highest BCUT2D eigenvalue weighted by Crippen LogP contribution is 2.38. The number of amides is 1. The number of benzene rings is 1. The molecular weight excluding hydrogens is 222 g/mol. The van der Waals surface area contributed by atoms with E-state index in [0.29, 0.717) is 0 Å². The van der Waals surface area contributed by atoms with Crippen molar-refractivity contribution in [2.75, 3.05) is 13.1 Å². The van der Waals surface area contributed by atoms with E-state index in [2.05, 4.69) is 4.90 Å². The Hall–Kier alpha value is -1.31. The quantitative estimate of drug-likeness (QED) is 0.742. The summed E-state index contributed by atoms with van der Waals surface area (Å²) in [6.07, 6.45) is 4.00. The lowest BCUT2D eigenvalue weighted by Gasteiger charge is -2.20. The number of likely N-dealkylation sites (tertiary alicyclic amines) is 1. The molecule has 0 radical (unpaired) electrons. The van der Waals surface area contributed by atoms with Gasteiger partial charge in [-0.15, -0.1) is 0 Å². The van der Waals surface area contributed by atoms with Gasteiger partial charge >= 0.3 is 0 Å². The molecule has 1 aliphatic heterocycles. The summed E-state index contributed by atoms with van der Waals surface area (Å²) in [7, 11) is 0. The van der Waals surface area contributed by atoms with E-state index in [-0.39, 0.29) is 5.91 Å². The standard InChI is InChI=1S/C16H21NO/c1-11-5-3-6-12(2)15(11)16(18)17-9-13-7-4-8-14(13)10-17/h3,5-6,13-14H,4,7-10H2,1-2H3. The minimum Gasteiger partial charge on any atom is -0.338 e. The summed E-state index contributed by atoms with van der Waals surface area (Å²) in [5, 5.41) is 0. The highest BCUT2D eigenvalue weighted by molar-refractivity contribution is 5.97. The summed E-state index contributed by atoms with van der Waals surface area (Å²) in [6.45, 7) is 6.04. The molecule has 0 aromatic heterocycles. The molecule has 2 atom stereocenters. The van der Waals surface area contributed by atoms with Crippen molar-refractivity contribution < 1.29 is 4.79 Å². The highest BCUT2D eigenvalue weighted by Gasteiger charge is 2.38. The Labute approximate surface area is 109 Å². The monoisotopic (exact) mass is 243 g/mol. The summed E-state index contributed by atoms with van der Waals surface area (Å²) < 4.78 is 0. The molecule has 1 saturated heterocycles. The van der Waals surface area contributed by atoms with Crippen LogP contribution in [0.25, 0.3) is 0 Å². The van der Waals surface area contributed by atoms with Crippen LogP contribution in [0, 0.1) is 25.7 Å². The van der Waals surface area contributed by atoms with Crippen LogP contribution in [0.5, 0.6) is 0 Å². The zero-order valence-electron chi connectivity index (χ0n) is 11.3. The lowest BCUT2D eigenvalue weighted by Crippen LogP contribution is -2.30. The summed E-state index contributed by atoms with van der Waals surface area (Å²) in [5.41, 5.74) is 3.14. The molecule has 2 heteroatoms. The van der Waals surface area contributed by atoms with Crippen LogP contribution in [0.4, 0.5) is 0 Å². The van der Waals surface area contributed by atoms with Crippen LogP contribution >= 0.6 is 0 Å².